The Bertz CT molecular complexity index is 1050. The molecule has 8 heteroatoms. The summed E-state index contributed by atoms with van der Waals surface area (Å²) < 4.78 is 27.8. The highest BCUT2D eigenvalue weighted by atomic mass is 79.9. The molecule has 0 saturated carbocycles. The third-order valence-electron chi connectivity index (χ3n) is 3.44. The van der Waals surface area contributed by atoms with Crippen molar-refractivity contribution in [1.29, 1.82) is 0 Å². The minimum Gasteiger partial charge on any atom is -0.278 e. The Morgan fingerprint density at radius 2 is 1.67 bits per heavy atom. The van der Waals surface area contributed by atoms with Crippen molar-refractivity contribution in [1.82, 2.24) is 0 Å². The second-order valence-corrected chi connectivity index (χ2v) is 7.57. The second kappa shape index (κ2) is 6.21. The fourth-order valence-electron chi connectivity index (χ4n) is 2.24. The highest BCUT2D eigenvalue weighted by Gasteiger charge is 2.17. The first kappa shape index (κ1) is 16.4. The monoisotopic (exact) mass is 406 g/mol. The van der Waals surface area contributed by atoms with E-state index in [-0.39, 0.29) is 16.3 Å². The number of non-ortho nitro benzene ring substituents is 1. The number of halogens is 1. The van der Waals surface area contributed by atoms with E-state index in [1.807, 2.05) is 24.3 Å². The Hall–Kier alpha value is -2.45. The number of nitrogens with one attached hydrogen (secondary N) is 1. The zero-order valence-corrected chi connectivity index (χ0v) is 14.5. The molecular formula is C16H11BrN2O4S. The summed E-state index contributed by atoms with van der Waals surface area (Å²) in [7, 11) is -3.81. The first-order chi connectivity index (χ1) is 11.4. The van der Waals surface area contributed by atoms with Gasteiger partial charge in [0, 0.05) is 16.6 Å². The molecule has 3 aromatic rings. The summed E-state index contributed by atoms with van der Waals surface area (Å²) in [5, 5.41) is 12.5. The van der Waals surface area contributed by atoms with Crippen LogP contribution < -0.4 is 4.72 Å². The first-order valence-corrected chi connectivity index (χ1v) is 9.10. The van der Waals surface area contributed by atoms with Crippen LogP contribution in [0.3, 0.4) is 0 Å². The van der Waals surface area contributed by atoms with Gasteiger partial charge in [0.1, 0.15) is 0 Å². The third-order valence-corrected chi connectivity index (χ3v) is 5.46. The normalized spacial score (nSPS) is 11.4. The first-order valence-electron chi connectivity index (χ1n) is 6.82. The lowest BCUT2D eigenvalue weighted by Gasteiger charge is -2.10. The van der Waals surface area contributed by atoms with Gasteiger partial charge in [0.2, 0.25) is 0 Å². The maximum atomic E-state index is 12.6. The molecule has 0 aliphatic rings. The van der Waals surface area contributed by atoms with Crippen LogP contribution in [0.5, 0.6) is 0 Å². The predicted molar refractivity (Wildman–Crippen MR) is 95.6 cm³/mol. The maximum absolute atomic E-state index is 12.6. The van der Waals surface area contributed by atoms with Crippen molar-refractivity contribution in [2.24, 2.45) is 0 Å². The number of rotatable bonds is 4. The van der Waals surface area contributed by atoms with Gasteiger partial charge in [-0.2, -0.15) is 0 Å². The Morgan fingerprint density at radius 1 is 0.958 bits per heavy atom. The molecule has 0 bridgehead atoms. The number of hydrogen-bond acceptors (Lipinski definition) is 4. The van der Waals surface area contributed by atoms with Gasteiger partial charge < -0.3 is 0 Å². The van der Waals surface area contributed by atoms with Crippen molar-refractivity contribution in [3.63, 3.8) is 0 Å². The van der Waals surface area contributed by atoms with Gasteiger partial charge in [-0.3, -0.25) is 14.8 Å². The summed E-state index contributed by atoms with van der Waals surface area (Å²) in [4.78, 5) is 10.3. The maximum Gasteiger partial charge on any atom is 0.270 e. The van der Waals surface area contributed by atoms with Crippen molar-refractivity contribution in [2.45, 2.75) is 4.90 Å². The minimum absolute atomic E-state index is 0.117. The lowest BCUT2D eigenvalue weighted by molar-refractivity contribution is -0.384. The minimum atomic E-state index is -3.81. The molecule has 1 N–H and O–H groups in total. The van der Waals surface area contributed by atoms with Gasteiger partial charge >= 0.3 is 0 Å². The highest BCUT2D eigenvalue weighted by Crippen LogP contribution is 2.29. The van der Waals surface area contributed by atoms with Crippen LogP contribution in [0.1, 0.15) is 0 Å². The molecule has 0 unspecified atom stereocenters. The van der Waals surface area contributed by atoms with Gasteiger partial charge in [0.25, 0.3) is 15.7 Å². The van der Waals surface area contributed by atoms with Crippen LogP contribution in [-0.4, -0.2) is 13.3 Å². The zero-order chi connectivity index (χ0) is 17.3. The zero-order valence-electron chi connectivity index (χ0n) is 12.1. The number of hydrogen-bond donors (Lipinski definition) is 1. The van der Waals surface area contributed by atoms with Crippen LogP contribution in [0.15, 0.2) is 70.0 Å². The summed E-state index contributed by atoms with van der Waals surface area (Å²) >= 11 is 3.15. The fourth-order valence-corrected chi connectivity index (χ4v) is 3.95. The van der Waals surface area contributed by atoms with Gasteiger partial charge in [0.15, 0.2) is 0 Å². The lowest BCUT2D eigenvalue weighted by Crippen LogP contribution is -2.13. The van der Waals surface area contributed by atoms with Gasteiger partial charge in [-0.05, 0) is 44.9 Å². The SMILES string of the molecule is O=[N+]([O-])c1ccc(NS(=O)(=O)c2ccc3ccccc3c2)c(Br)c1. The van der Waals surface area contributed by atoms with Crippen LogP contribution in [0.2, 0.25) is 0 Å². The Morgan fingerprint density at radius 3 is 2.33 bits per heavy atom. The van der Waals surface area contributed by atoms with Gasteiger partial charge in [-0.25, -0.2) is 8.42 Å². The van der Waals surface area contributed by atoms with Crippen LogP contribution in [-0.2, 0) is 10.0 Å². The molecule has 0 amide bonds. The Kier molecular flexibility index (Phi) is 4.25. The number of benzene rings is 3. The van der Waals surface area contributed by atoms with E-state index in [0.717, 1.165) is 10.8 Å². The second-order valence-electron chi connectivity index (χ2n) is 5.04. The Labute approximate surface area is 146 Å². The molecule has 0 heterocycles. The van der Waals surface area contributed by atoms with Gasteiger partial charge in [-0.15, -0.1) is 0 Å². The summed E-state index contributed by atoms with van der Waals surface area (Å²) in [5.74, 6) is 0. The van der Waals surface area contributed by atoms with Gasteiger partial charge in [0.05, 0.1) is 15.5 Å². The van der Waals surface area contributed by atoms with Crippen molar-refractivity contribution in [3.8, 4) is 0 Å². The molecule has 0 aromatic heterocycles. The molecule has 0 saturated heterocycles. The largest absolute Gasteiger partial charge is 0.278 e. The number of anilines is 1. The molecule has 0 radical (unpaired) electrons. The molecule has 6 nitrogen and oxygen atoms in total. The van der Waals surface area contributed by atoms with E-state index in [4.69, 9.17) is 0 Å². The molecule has 3 rings (SSSR count). The Balaban J connectivity index is 1.97. The molecular weight excluding hydrogens is 396 g/mol. The van der Waals surface area contributed by atoms with E-state index in [1.165, 1.54) is 24.3 Å². The predicted octanol–water partition coefficient (Wildman–Crippen LogP) is 4.31. The quantitative estimate of drug-likeness (QED) is 0.516. The average Bonchev–Trinajstić information content (AvgIpc) is 2.56. The molecule has 0 fully saturated rings. The van der Waals surface area contributed by atoms with E-state index >= 15 is 0 Å². The molecule has 3 aromatic carbocycles. The van der Waals surface area contributed by atoms with E-state index in [2.05, 4.69) is 20.7 Å². The molecule has 0 atom stereocenters. The van der Waals surface area contributed by atoms with Crippen molar-refractivity contribution in [2.75, 3.05) is 4.72 Å². The van der Waals surface area contributed by atoms with E-state index in [0.29, 0.717) is 4.47 Å². The van der Waals surface area contributed by atoms with Crippen LogP contribution in [0.4, 0.5) is 11.4 Å². The molecule has 24 heavy (non-hydrogen) atoms. The lowest BCUT2D eigenvalue weighted by atomic mass is 10.1. The number of nitrogens with zero attached hydrogens (tertiary/aromatic N) is 1. The number of nitro benzene ring substituents is 1. The van der Waals surface area contributed by atoms with E-state index < -0.39 is 14.9 Å². The highest BCUT2D eigenvalue weighted by molar-refractivity contribution is 9.10. The van der Waals surface area contributed by atoms with Crippen LogP contribution in [0, 0.1) is 10.1 Å². The third kappa shape index (κ3) is 3.24. The van der Waals surface area contributed by atoms with Crippen LogP contribution in [0.25, 0.3) is 10.8 Å². The summed E-state index contributed by atoms with van der Waals surface area (Å²) in [6, 6.07) is 16.1. The topological polar surface area (TPSA) is 89.3 Å². The molecule has 0 spiro atoms. The molecule has 122 valence electrons. The summed E-state index contributed by atoms with van der Waals surface area (Å²) in [5.41, 5.74) is 0.101. The molecule has 0 aliphatic heterocycles. The average molecular weight is 407 g/mol. The van der Waals surface area contributed by atoms with Crippen molar-refractivity contribution in [3.05, 3.63) is 75.3 Å². The standard InChI is InChI=1S/C16H11BrN2O4S/c17-15-10-13(19(20)21)6-8-16(15)18-24(22,23)14-7-5-11-3-1-2-4-12(11)9-14/h1-10,18H. The van der Waals surface area contributed by atoms with E-state index in [1.54, 1.807) is 12.1 Å². The summed E-state index contributed by atoms with van der Waals surface area (Å²) in [6.45, 7) is 0. The van der Waals surface area contributed by atoms with Crippen molar-refractivity contribution < 1.29 is 13.3 Å². The number of nitro groups is 1. The van der Waals surface area contributed by atoms with Crippen LogP contribution >= 0.6 is 15.9 Å². The number of fused-ring (bicyclic) bond motifs is 1. The summed E-state index contributed by atoms with van der Waals surface area (Å²) in [6.07, 6.45) is 0. The van der Waals surface area contributed by atoms with Gasteiger partial charge in [-0.1, -0.05) is 30.3 Å². The van der Waals surface area contributed by atoms with E-state index in [9.17, 15) is 18.5 Å². The smallest absolute Gasteiger partial charge is 0.270 e. The van der Waals surface area contributed by atoms with Crippen molar-refractivity contribution >= 4 is 48.1 Å². The number of sulfonamides is 1. The fraction of sp³-hybridized carbons (Fsp3) is 0. The molecule has 0 aliphatic carbocycles.